The first-order chi connectivity index (χ1) is 9.97. The van der Waals surface area contributed by atoms with Crippen molar-refractivity contribution in [2.75, 3.05) is 0 Å². The van der Waals surface area contributed by atoms with Gasteiger partial charge in [-0.2, -0.15) is 0 Å². The van der Waals surface area contributed by atoms with Crippen LogP contribution < -0.4 is 11.1 Å². The molecule has 3 atom stereocenters. The van der Waals surface area contributed by atoms with Gasteiger partial charge in [-0.25, -0.2) is 0 Å². The Morgan fingerprint density at radius 1 is 1.38 bits per heavy atom. The van der Waals surface area contributed by atoms with Gasteiger partial charge in [0.25, 0.3) is 0 Å². The van der Waals surface area contributed by atoms with Crippen molar-refractivity contribution < 1.29 is 4.79 Å². The van der Waals surface area contributed by atoms with Gasteiger partial charge in [-0.3, -0.25) is 4.79 Å². The fraction of sp³-hybridized carbons (Fsp3) is 0.588. The Bertz CT molecular complexity index is 556. The van der Waals surface area contributed by atoms with E-state index in [4.69, 9.17) is 5.73 Å². The molecule has 0 aromatic heterocycles. The number of nitrogens with one attached hydrogen (secondary N) is 1. The summed E-state index contributed by atoms with van der Waals surface area (Å²) < 4.78 is 1.11. The highest BCUT2D eigenvalue weighted by atomic mass is 79.9. The molecule has 2 aliphatic rings. The van der Waals surface area contributed by atoms with Gasteiger partial charge in [0.1, 0.15) is 0 Å². The number of benzene rings is 1. The number of hydrogen-bond donors (Lipinski definition) is 2. The smallest absolute Gasteiger partial charge is 0.225 e. The standard InChI is InChI=1S/C17H23BrN2O/c1-17(19)9-3-2-4-14(17)16(21)20-15-8-5-11-10-12(18)6-7-13(11)15/h6-7,10,14-15H,2-5,8-9,19H2,1H3,(H,20,21). The van der Waals surface area contributed by atoms with Crippen LogP contribution in [0.4, 0.5) is 0 Å². The Labute approximate surface area is 134 Å². The van der Waals surface area contributed by atoms with E-state index in [0.29, 0.717) is 0 Å². The maximum absolute atomic E-state index is 12.6. The second-order valence-corrected chi connectivity index (χ2v) is 7.66. The van der Waals surface area contributed by atoms with Crippen LogP contribution in [0.2, 0.25) is 0 Å². The molecule has 2 aliphatic carbocycles. The lowest BCUT2D eigenvalue weighted by atomic mass is 9.74. The number of fused-ring (bicyclic) bond motifs is 1. The van der Waals surface area contributed by atoms with Gasteiger partial charge in [0.05, 0.1) is 12.0 Å². The molecule has 114 valence electrons. The van der Waals surface area contributed by atoms with Crippen LogP contribution in [-0.2, 0) is 11.2 Å². The SMILES string of the molecule is CC1(N)CCCCC1C(=O)NC1CCc2cc(Br)ccc21. The number of hydrogen-bond acceptors (Lipinski definition) is 2. The topological polar surface area (TPSA) is 55.1 Å². The fourth-order valence-corrected chi connectivity index (χ4v) is 4.21. The van der Waals surface area contributed by atoms with Crippen molar-refractivity contribution in [1.29, 1.82) is 0 Å². The van der Waals surface area contributed by atoms with Crippen LogP contribution in [-0.4, -0.2) is 11.4 Å². The lowest BCUT2D eigenvalue weighted by molar-refractivity contribution is -0.128. The Hall–Kier alpha value is -0.870. The zero-order valence-corrected chi connectivity index (χ0v) is 14.1. The normalized spacial score (nSPS) is 31.8. The molecule has 3 nitrogen and oxygen atoms in total. The second-order valence-electron chi connectivity index (χ2n) is 6.75. The van der Waals surface area contributed by atoms with Crippen LogP contribution in [0.1, 0.15) is 56.2 Å². The van der Waals surface area contributed by atoms with Crippen molar-refractivity contribution in [1.82, 2.24) is 5.32 Å². The third kappa shape index (κ3) is 3.02. The molecule has 0 radical (unpaired) electrons. The Morgan fingerprint density at radius 3 is 2.95 bits per heavy atom. The zero-order valence-electron chi connectivity index (χ0n) is 12.5. The van der Waals surface area contributed by atoms with Crippen molar-refractivity contribution in [3.05, 3.63) is 33.8 Å². The molecule has 0 spiro atoms. The molecule has 0 aliphatic heterocycles. The van der Waals surface area contributed by atoms with Crippen LogP contribution in [0.15, 0.2) is 22.7 Å². The number of carbonyl (C=O) groups excluding carboxylic acids is 1. The van der Waals surface area contributed by atoms with E-state index in [9.17, 15) is 4.79 Å². The molecule has 0 heterocycles. The molecule has 4 heteroatoms. The molecule has 21 heavy (non-hydrogen) atoms. The van der Waals surface area contributed by atoms with E-state index in [0.717, 1.165) is 43.0 Å². The van der Waals surface area contributed by atoms with Crippen molar-refractivity contribution in [2.45, 2.75) is 57.0 Å². The Balaban J connectivity index is 1.72. The summed E-state index contributed by atoms with van der Waals surface area (Å²) in [5.74, 6) is 0.0891. The van der Waals surface area contributed by atoms with Crippen LogP contribution in [0.25, 0.3) is 0 Å². The maximum Gasteiger partial charge on any atom is 0.225 e. The third-order valence-electron chi connectivity index (χ3n) is 5.07. The first-order valence-electron chi connectivity index (χ1n) is 7.85. The minimum absolute atomic E-state index is 0.0502. The van der Waals surface area contributed by atoms with Crippen LogP contribution in [0.3, 0.4) is 0 Å². The highest BCUT2D eigenvalue weighted by Gasteiger charge is 2.39. The lowest BCUT2D eigenvalue weighted by Gasteiger charge is -2.37. The van der Waals surface area contributed by atoms with E-state index in [-0.39, 0.29) is 23.4 Å². The molecule has 3 unspecified atom stereocenters. The van der Waals surface area contributed by atoms with E-state index in [1.807, 2.05) is 6.92 Å². The number of amides is 1. The molecule has 1 saturated carbocycles. The van der Waals surface area contributed by atoms with Gasteiger partial charge >= 0.3 is 0 Å². The van der Waals surface area contributed by atoms with E-state index < -0.39 is 0 Å². The number of carbonyl (C=O) groups is 1. The zero-order chi connectivity index (χ0) is 15.0. The van der Waals surface area contributed by atoms with Crippen molar-refractivity contribution in [3.8, 4) is 0 Å². The summed E-state index contributed by atoms with van der Waals surface area (Å²) in [6.07, 6.45) is 6.13. The monoisotopic (exact) mass is 350 g/mol. The molecular formula is C17H23BrN2O. The highest BCUT2D eigenvalue weighted by molar-refractivity contribution is 9.10. The second kappa shape index (κ2) is 5.73. The third-order valence-corrected chi connectivity index (χ3v) is 5.56. The Kier molecular flexibility index (Phi) is 4.10. The van der Waals surface area contributed by atoms with Gasteiger partial charge in [-0.05, 0) is 55.9 Å². The summed E-state index contributed by atoms with van der Waals surface area (Å²) in [7, 11) is 0. The average Bonchev–Trinajstić information content (AvgIpc) is 2.80. The summed E-state index contributed by atoms with van der Waals surface area (Å²) in [6.45, 7) is 2.02. The first-order valence-corrected chi connectivity index (χ1v) is 8.64. The molecule has 0 bridgehead atoms. The molecule has 1 aromatic rings. The molecule has 1 aromatic carbocycles. The summed E-state index contributed by atoms with van der Waals surface area (Å²) in [5, 5.41) is 3.25. The summed E-state index contributed by atoms with van der Waals surface area (Å²) in [5.41, 5.74) is 8.59. The van der Waals surface area contributed by atoms with Crippen molar-refractivity contribution in [3.63, 3.8) is 0 Å². The van der Waals surface area contributed by atoms with Gasteiger partial charge in [0.15, 0.2) is 0 Å². The minimum Gasteiger partial charge on any atom is -0.349 e. The minimum atomic E-state index is -0.358. The van der Waals surface area contributed by atoms with Gasteiger partial charge in [-0.1, -0.05) is 34.8 Å². The first kappa shape index (κ1) is 15.0. The van der Waals surface area contributed by atoms with Crippen LogP contribution in [0.5, 0.6) is 0 Å². The molecule has 3 rings (SSSR count). The number of rotatable bonds is 2. The fourth-order valence-electron chi connectivity index (χ4n) is 3.80. The van der Waals surface area contributed by atoms with E-state index in [1.165, 1.54) is 11.1 Å². The summed E-state index contributed by atoms with van der Waals surface area (Å²) in [6, 6.07) is 6.49. The quantitative estimate of drug-likeness (QED) is 0.857. The van der Waals surface area contributed by atoms with Crippen molar-refractivity contribution in [2.24, 2.45) is 11.7 Å². The predicted molar refractivity (Wildman–Crippen MR) is 87.9 cm³/mol. The molecular weight excluding hydrogens is 328 g/mol. The molecule has 3 N–H and O–H groups in total. The summed E-state index contributed by atoms with van der Waals surface area (Å²) >= 11 is 3.51. The van der Waals surface area contributed by atoms with Gasteiger partial charge < -0.3 is 11.1 Å². The maximum atomic E-state index is 12.6. The predicted octanol–water partition coefficient (Wildman–Crippen LogP) is 3.46. The molecule has 1 fully saturated rings. The van der Waals surface area contributed by atoms with E-state index in [2.05, 4.69) is 39.4 Å². The molecule has 0 saturated heterocycles. The van der Waals surface area contributed by atoms with Crippen molar-refractivity contribution >= 4 is 21.8 Å². The molecule has 1 amide bonds. The number of halogens is 1. The van der Waals surface area contributed by atoms with Crippen LogP contribution in [0, 0.1) is 5.92 Å². The number of aryl methyl sites for hydroxylation is 1. The Morgan fingerprint density at radius 2 is 2.19 bits per heavy atom. The largest absolute Gasteiger partial charge is 0.349 e. The number of nitrogens with two attached hydrogens (primary N) is 1. The van der Waals surface area contributed by atoms with E-state index in [1.54, 1.807) is 0 Å². The highest BCUT2D eigenvalue weighted by Crippen LogP contribution is 2.35. The average molecular weight is 351 g/mol. The van der Waals surface area contributed by atoms with Gasteiger partial charge in [-0.15, -0.1) is 0 Å². The van der Waals surface area contributed by atoms with E-state index >= 15 is 0 Å². The van der Waals surface area contributed by atoms with Gasteiger partial charge in [0.2, 0.25) is 5.91 Å². The van der Waals surface area contributed by atoms with Gasteiger partial charge in [0, 0.05) is 10.0 Å². The lowest BCUT2D eigenvalue weighted by Crippen LogP contribution is -2.53. The summed E-state index contributed by atoms with van der Waals surface area (Å²) in [4.78, 5) is 12.6. The van der Waals surface area contributed by atoms with Crippen LogP contribution >= 0.6 is 15.9 Å².